The van der Waals surface area contributed by atoms with Crippen molar-refractivity contribution in [3.63, 3.8) is 0 Å². The van der Waals surface area contributed by atoms with E-state index in [1.54, 1.807) is 0 Å². The highest BCUT2D eigenvalue weighted by Gasteiger charge is 2.54. The lowest BCUT2D eigenvalue weighted by atomic mass is 9.59. The number of aliphatic hydroxyl groups is 1. The number of ether oxygens (including phenoxy) is 1. The lowest BCUT2D eigenvalue weighted by molar-refractivity contribution is -0.175. The molecular weight excluding hydrogens is 286 g/mol. The fraction of sp³-hybridized carbons (Fsp3) is 0.550. The van der Waals surface area contributed by atoms with Gasteiger partial charge in [-0.25, -0.2) is 0 Å². The van der Waals surface area contributed by atoms with Gasteiger partial charge in [-0.05, 0) is 36.7 Å². The number of fused-ring (bicyclic) bond motifs is 1. The Labute approximate surface area is 138 Å². The Morgan fingerprint density at radius 3 is 2.61 bits per heavy atom. The third-order valence-corrected chi connectivity index (χ3v) is 5.57. The molecule has 1 heterocycles. The number of hydrogen-bond donors (Lipinski definition) is 1. The predicted octanol–water partition coefficient (Wildman–Crippen LogP) is 4.55. The average molecular weight is 311 g/mol. The van der Waals surface area contributed by atoms with Gasteiger partial charge in [0.05, 0.1) is 23.9 Å². The summed E-state index contributed by atoms with van der Waals surface area (Å²) in [5, 5.41) is 19.8. The zero-order valence-corrected chi connectivity index (χ0v) is 14.2. The molecule has 0 spiro atoms. The van der Waals surface area contributed by atoms with Crippen molar-refractivity contribution in [2.45, 2.75) is 58.7 Å². The molecule has 1 N–H and O–H groups in total. The molecule has 2 aliphatic rings. The van der Waals surface area contributed by atoms with Gasteiger partial charge in [-0.15, -0.1) is 0 Å². The summed E-state index contributed by atoms with van der Waals surface area (Å²) in [6.45, 7) is 6.18. The Bertz CT molecular complexity index is 656. The molecule has 122 valence electrons. The third-order valence-electron chi connectivity index (χ3n) is 5.57. The molecule has 23 heavy (non-hydrogen) atoms. The van der Waals surface area contributed by atoms with Crippen molar-refractivity contribution in [3.8, 4) is 6.07 Å². The van der Waals surface area contributed by atoms with Gasteiger partial charge in [-0.1, -0.05) is 51.1 Å². The highest BCUT2D eigenvalue weighted by atomic mass is 16.5. The molecule has 0 amide bonds. The normalized spacial score (nSPS) is 33.0. The zero-order valence-electron chi connectivity index (χ0n) is 14.2. The van der Waals surface area contributed by atoms with Crippen LogP contribution >= 0.6 is 0 Å². The van der Waals surface area contributed by atoms with Crippen molar-refractivity contribution >= 4 is 0 Å². The van der Waals surface area contributed by atoms with Gasteiger partial charge in [-0.3, -0.25) is 0 Å². The van der Waals surface area contributed by atoms with E-state index in [0.29, 0.717) is 12.0 Å². The fourth-order valence-electron chi connectivity index (χ4n) is 4.39. The van der Waals surface area contributed by atoms with Gasteiger partial charge in [0.25, 0.3) is 0 Å². The molecule has 0 saturated carbocycles. The maximum Gasteiger partial charge on any atom is 0.114 e. The maximum atomic E-state index is 10.5. The summed E-state index contributed by atoms with van der Waals surface area (Å²) in [6, 6.07) is 12.6. The Kier molecular flexibility index (Phi) is 3.98. The molecule has 2 unspecified atom stereocenters. The summed E-state index contributed by atoms with van der Waals surface area (Å²) in [6.07, 6.45) is 3.65. The van der Waals surface area contributed by atoms with Crippen LogP contribution in [0.15, 0.2) is 41.7 Å². The molecule has 3 atom stereocenters. The topological polar surface area (TPSA) is 53.2 Å². The van der Waals surface area contributed by atoms with E-state index in [1.165, 1.54) is 5.56 Å². The van der Waals surface area contributed by atoms with Gasteiger partial charge in [0.2, 0.25) is 0 Å². The summed E-state index contributed by atoms with van der Waals surface area (Å²) in [5.41, 5.74) is 1.22. The van der Waals surface area contributed by atoms with Crippen LogP contribution in [0.4, 0.5) is 0 Å². The minimum absolute atomic E-state index is 0.0606. The Hall–Kier alpha value is -1.79. The van der Waals surface area contributed by atoms with Gasteiger partial charge in [0.15, 0.2) is 0 Å². The first-order chi connectivity index (χ1) is 10.9. The van der Waals surface area contributed by atoms with Gasteiger partial charge in [0, 0.05) is 5.41 Å². The standard InChI is InChI=1S/C20H25NO2/c1-19(2)17(22)15(13-21)12-20(3)10-9-16(23-18(19)20)11-14-7-5-4-6-8-14/h4-8,16,18,22H,9-12H2,1-3H3/t16?,18-,20?/m0/s1. The van der Waals surface area contributed by atoms with Crippen molar-refractivity contribution in [1.82, 2.24) is 0 Å². The molecule has 1 aliphatic carbocycles. The molecule has 3 rings (SSSR count). The van der Waals surface area contributed by atoms with Crippen molar-refractivity contribution in [1.29, 1.82) is 5.26 Å². The Balaban J connectivity index is 1.84. The van der Waals surface area contributed by atoms with Crippen LogP contribution in [-0.4, -0.2) is 17.3 Å². The van der Waals surface area contributed by atoms with Crippen molar-refractivity contribution in [2.75, 3.05) is 0 Å². The molecule has 1 aromatic rings. The van der Waals surface area contributed by atoms with Crippen LogP contribution in [0.3, 0.4) is 0 Å². The predicted molar refractivity (Wildman–Crippen MR) is 89.8 cm³/mol. The van der Waals surface area contributed by atoms with Crippen LogP contribution in [0.2, 0.25) is 0 Å². The van der Waals surface area contributed by atoms with Crippen molar-refractivity contribution in [2.24, 2.45) is 10.8 Å². The smallest absolute Gasteiger partial charge is 0.114 e. The van der Waals surface area contributed by atoms with E-state index in [0.717, 1.165) is 19.3 Å². The lowest BCUT2D eigenvalue weighted by Gasteiger charge is -2.53. The SMILES string of the molecule is CC12CCC(Cc3ccccc3)O[C@H]1C(C)(C)C(O)=C(C#N)C2. The van der Waals surface area contributed by atoms with Crippen LogP contribution in [-0.2, 0) is 11.2 Å². The third kappa shape index (κ3) is 2.77. The monoisotopic (exact) mass is 311 g/mol. The molecule has 0 aromatic heterocycles. The van der Waals surface area contributed by atoms with Crippen LogP contribution in [0, 0.1) is 22.2 Å². The summed E-state index contributed by atoms with van der Waals surface area (Å²) >= 11 is 0. The number of rotatable bonds is 2. The number of nitriles is 1. The summed E-state index contributed by atoms with van der Waals surface area (Å²) < 4.78 is 6.47. The minimum atomic E-state index is -0.520. The highest BCUT2D eigenvalue weighted by molar-refractivity contribution is 5.34. The number of nitrogens with zero attached hydrogens (tertiary/aromatic N) is 1. The van der Waals surface area contributed by atoms with E-state index in [9.17, 15) is 10.4 Å². The average Bonchev–Trinajstić information content (AvgIpc) is 2.54. The van der Waals surface area contributed by atoms with Crippen LogP contribution < -0.4 is 0 Å². The highest BCUT2D eigenvalue weighted by Crippen LogP contribution is 2.54. The summed E-state index contributed by atoms with van der Waals surface area (Å²) in [4.78, 5) is 0. The molecule has 0 radical (unpaired) electrons. The molecule has 0 bridgehead atoms. The number of hydrogen-bond acceptors (Lipinski definition) is 3. The Morgan fingerprint density at radius 2 is 1.96 bits per heavy atom. The van der Waals surface area contributed by atoms with Gasteiger partial charge in [0.1, 0.15) is 5.76 Å². The van der Waals surface area contributed by atoms with Crippen LogP contribution in [0.5, 0.6) is 0 Å². The largest absolute Gasteiger partial charge is 0.511 e. The maximum absolute atomic E-state index is 10.5. The second-order valence-corrected chi connectivity index (χ2v) is 7.86. The summed E-state index contributed by atoms with van der Waals surface area (Å²) in [5.74, 6) is 0.211. The quantitative estimate of drug-likeness (QED) is 0.872. The van der Waals surface area contributed by atoms with Crippen LogP contribution in [0.25, 0.3) is 0 Å². The fourth-order valence-corrected chi connectivity index (χ4v) is 4.39. The Morgan fingerprint density at radius 1 is 1.26 bits per heavy atom. The molecule has 1 aliphatic heterocycles. The zero-order chi connectivity index (χ0) is 16.7. The first-order valence-electron chi connectivity index (χ1n) is 8.39. The molecule has 1 aromatic carbocycles. The first-order valence-corrected chi connectivity index (χ1v) is 8.39. The molecule has 1 fully saturated rings. The number of benzene rings is 1. The van der Waals surface area contributed by atoms with Crippen molar-refractivity contribution in [3.05, 3.63) is 47.2 Å². The molecule has 1 saturated heterocycles. The molecular formula is C20H25NO2. The van der Waals surface area contributed by atoms with E-state index in [2.05, 4.69) is 37.3 Å². The molecule has 3 heteroatoms. The minimum Gasteiger partial charge on any atom is -0.511 e. The van der Waals surface area contributed by atoms with Crippen molar-refractivity contribution < 1.29 is 9.84 Å². The van der Waals surface area contributed by atoms with E-state index >= 15 is 0 Å². The summed E-state index contributed by atoms with van der Waals surface area (Å²) in [7, 11) is 0. The number of aliphatic hydroxyl groups excluding tert-OH is 1. The lowest BCUT2D eigenvalue weighted by Crippen LogP contribution is -2.54. The van der Waals surface area contributed by atoms with Gasteiger partial charge in [-0.2, -0.15) is 5.26 Å². The second kappa shape index (κ2) is 5.69. The van der Waals surface area contributed by atoms with Gasteiger partial charge >= 0.3 is 0 Å². The van der Waals surface area contributed by atoms with Gasteiger partial charge < -0.3 is 9.84 Å². The van der Waals surface area contributed by atoms with E-state index in [4.69, 9.17) is 4.74 Å². The van der Waals surface area contributed by atoms with E-state index in [-0.39, 0.29) is 23.4 Å². The number of allylic oxidation sites excluding steroid dienone is 1. The first kappa shape index (κ1) is 16.1. The van der Waals surface area contributed by atoms with Crippen LogP contribution in [0.1, 0.15) is 45.6 Å². The second-order valence-electron chi connectivity index (χ2n) is 7.86. The van der Waals surface area contributed by atoms with E-state index < -0.39 is 5.41 Å². The molecule has 3 nitrogen and oxygen atoms in total. The van der Waals surface area contributed by atoms with E-state index in [1.807, 2.05) is 19.9 Å².